The molecule has 0 unspecified atom stereocenters. The van der Waals surface area contributed by atoms with Crippen LogP contribution >= 0.6 is 0 Å². The fourth-order valence-corrected chi connectivity index (χ4v) is 6.67. The Hall–Kier alpha value is -1.24. The summed E-state index contributed by atoms with van der Waals surface area (Å²) in [6.45, 7) is 11.4. The summed E-state index contributed by atoms with van der Waals surface area (Å²) < 4.78 is 10.6. The maximum atomic E-state index is 11.9. The molecule has 0 N–H and O–H groups in total. The van der Waals surface area contributed by atoms with Crippen LogP contribution in [0.3, 0.4) is 0 Å². The van der Waals surface area contributed by atoms with Crippen molar-refractivity contribution in [1.29, 1.82) is 0 Å². The number of nitrogens with zero attached hydrogens (tertiary/aromatic N) is 2. The molecule has 0 saturated heterocycles. The first-order valence-electron chi connectivity index (χ1n) is 8.05. The first kappa shape index (κ1) is 20.8. The minimum atomic E-state index is -2.13. The monoisotopic (exact) mass is 330 g/mol. The van der Waals surface area contributed by atoms with Crippen LogP contribution < -0.4 is 0 Å². The van der Waals surface area contributed by atoms with Gasteiger partial charge in [0, 0.05) is 0 Å². The van der Waals surface area contributed by atoms with Crippen LogP contribution in [0.4, 0.5) is 9.59 Å². The lowest BCUT2D eigenvalue weighted by Gasteiger charge is -2.29. The summed E-state index contributed by atoms with van der Waals surface area (Å²) in [5, 5.41) is 6.65. The third kappa shape index (κ3) is 8.91. The van der Waals surface area contributed by atoms with Gasteiger partial charge in [-0.15, -0.1) is 0 Å². The van der Waals surface area contributed by atoms with E-state index in [-0.39, 0.29) is 0 Å². The topological polar surface area (TPSA) is 77.3 Å². The fraction of sp³-hybridized carbons (Fsp3) is 0.867. The summed E-state index contributed by atoms with van der Waals surface area (Å²) >= 11 is 0. The average molecular weight is 331 g/mol. The van der Waals surface area contributed by atoms with E-state index in [0.717, 1.165) is 37.4 Å². The number of azo groups is 1. The van der Waals surface area contributed by atoms with Gasteiger partial charge in [0.25, 0.3) is 8.32 Å². The number of hydrogen-bond donors (Lipinski definition) is 0. The summed E-state index contributed by atoms with van der Waals surface area (Å²) in [4.78, 5) is 23.3. The highest BCUT2D eigenvalue weighted by atomic mass is 28.4. The number of carbonyl (C=O) groups excluding carboxylic acids is 2. The predicted octanol–water partition coefficient (Wildman–Crippen LogP) is 5.69. The molecule has 0 aliphatic heterocycles. The second kappa shape index (κ2) is 9.71. The quantitative estimate of drug-likeness (QED) is 0.444. The zero-order valence-electron chi connectivity index (χ0n) is 14.8. The molecule has 0 saturated carbocycles. The Morgan fingerprint density at radius 2 is 1.27 bits per heavy atom. The number of amides is 2. The molecule has 0 aromatic carbocycles. The standard InChI is InChI=1S/C15H30N2O4Si/c1-7-10-22(11-8-2,12-9-3)21-14(19)17-16-13(18)20-15(4,5)6/h7-12H2,1-6H3/b17-16+. The van der Waals surface area contributed by atoms with E-state index in [0.29, 0.717) is 0 Å². The van der Waals surface area contributed by atoms with Crippen LogP contribution in [-0.4, -0.2) is 26.1 Å². The maximum Gasteiger partial charge on any atom is 0.453 e. The third-order valence-corrected chi connectivity index (χ3v) is 7.87. The molecule has 0 atom stereocenters. The molecule has 0 aromatic rings. The summed E-state index contributed by atoms with van der Waals surface area (Å²) in [5.74, 6) is 0. The molecule has 0 spiro atoms. The highest BCUT2D eigenvalue weighted by Gasteiger charge is 2.36. The Morgan fingerprint density at radius 3 is 1.64 bits per heavy atom. The Bertz CT molecular complexity index is 374. The van der Waals surface area contributed by atoms with E-state index >= 15 is 0 Å². The van der Waals surface area contributed by atoms with Crippen LogP contribution in [0, 0.1) is 0 Å². The van der Waals surface area contributed by atoms with Crippen molar-refractivity contribution in [1.82, 2.24) is 0 Å². The largest absolute Gasteiger partial charge is 0.501 e. The molecule has 128 valence electrons. The van der Waals surface area contributed by atoms with Crippen LogP contribution in [0.2, 0.25) is 18.1 Å². The Kier molecular flexibility index (Phi) is 9.16. The molecule has 0 aliphatic rings. The molecule has 2 amide bonds. The van der Waals surface area contributed by atoms with Gasteiger partial charge in [0.05, 0.1) is 0 Å². The second-order valence-electron chi connectivity index (χ2n) is 6.48. The van der Waals surface area contributed by atoms with Crippen molar-refractivity contribution in [2.45, 2.75) is 84.5 Å². The summed E-state index contributed by atoms with van der Waals surface area (Å²) in [6.07, 6.45) is 1.28. The lowest BCUT2D eigenvalue weighted by Crippen LogP contribution is -2.39. The number of carbonyl (C=O) groups is 2. The van der Waals surface area contributed by atoms with Crippen molar-refractivity contribution in [3.05, 3.63) is 0 Å². The molecule has 0 aliphatic carbocycles. The number of ether oxygens (including phenoxy) is 1. The zero-order valence-corrected chi connectivity index (χ0v) is 15.8. The zero-order chi connectivity index (χ0) is 17.2. The van der Waals surface area contributed by atoms with Gasteiger partial charge < -0.3 is 9.16 Å². The SMILES string of the molecule is CCC[Si](CCC)(CCC)OC(=O)/N=N/C(=O)OC(C)(C)C. The molecule has 6 nitrogen and oxygen atoms in total. The Labute approximate surface area is 134 Å². The van der Waals surface area contributed by atoms with Gasteiger partial charge in [-0.05, 0) is 38.9 Å². The molecule has 0 radical (unpaired) electrons. The van der Waals surface area contributed by atoms with Crippen LogP contribution in [-0.2, 0) is 9.16 Å². The second-order valence-corrected chi connectivity index (χ2v) is 10.6. The first-order chi connectivity index (χ1) is 10.2. The van der Waals surface area contributed by atoms with Crippen molar-refractivity contribution in [3.8, 4) is 0 Å². The van der Waals surface area contributed by atoms with Crippen LogP contribution in [0.5, 0.6) is 0 Å². The van der Waals surface area contributed by atoms with Gasteiger partial charge >= 0.3 is 12.2 Å². The average Bonchev–Trinajstić information content (AvgIpc) is 2.35. The van der Waals surface area contributed by atoms with Gasteiger partial charge in [-0.2, -0.15) is 0 Å². The third-order valence-electron chi connectivity index (χ3n) is 3.03. The minimum absolute atomic E-state index is 0.662. The number of rotatable bonds is 7. The van der Waals surface area contributed by atoms with Gasteiger partial charge in [0.15, 0.2) is 0 Å². The van der Waals surface area contributed by atoms with Crippen molar-refractivity contribution in [2.24, 2.45) is 10.2 Å². The summed E-state index contributed by atoms with van der Waals surface area (Å²) in [6, 6.07) is 2.76. The fourth-order valence-electron chi connectivity index (χ4n) is 2.46. The normalized spacial score (nSPS) is 12.5. The van der Waals surface area contributed by atoms with Crippen LogP contribution in [0.25, 0.3) is 0 Å². The van der Waals surface area contributed by atoms with Crippen LogP contribution in [0.15, 0.2) is 10.2 Å². The van der Waals surface area contributed by atoms with Gasteiger partial charge in [0.2, 0.25) is 0 Å². The molecule has 0 bridgehead atoms. The highest BCUT2D eigenvalue weighted by Crippen LogP contribution is 2.28. The number of hydrogen-bond acceptors (Lipinski definition) is 4. The smallest absolute Gasteiger partial charge is 0.453 e. The van der Waals surface area contributed by atoms with E-state index in [4.69, 9.17) is 9.16 Å². The van der Waals surface area contributed by atoms with Gasteiger partial charge in [-0.25, -0.2) is 9.59 Å². The van der Waals surface area contributed by atoms with Crippen molar-refractivity contribution < 1.29 is 18.8 Å². The van der Waals surface area contributed by atoms with Gasteiger partial charge in [-0.1, -0.05) is 50.3 Å². The molecule has 0 rings (SSSR count). The lowest BCUT2D eigenvalue weighted by molar-refractivity contribution is 0.0588. The predicted molar refractivity (Wildman–Crippen MR) is 88.6 cm³/mol. The molecule has 22 heavy (non-hydrogen) atoms. The minimum Gasteiger partial charge on any atom is -0.501 e. The van der Waals surface area contributed by atoms with Crippen molar-refractivity contribution >= 4 is 20.5 Å². The van der Waals surface area contributed by atoms with Crippen LogP contribution in [0.1, 0.15) is 60.8 Å². The van der Waals surface area contributed by atoms with E-state index in [2.05, 4.69) is 31.0 Å². The van der Waals surface area contributed by atoms with Crippen molar-refractivity contribution in [3.63, 3.8) is 0 Å². The van der Waals surface area contributed by atoms with Gasteiger partial charge in [0.1, 0.15) is 5.60 Å². The van der Waals surface area contributed by atoms with E-state index in [1.54, 1.807) is 20.8 Å². The molecular formula is C15H30N2O4Si. The Balaban J connectivity index is 4.78. The summed E-state index contributed by atoms with van der Waals surface area (Å²) in [5.41, 5.74) is -0.662. The molecule has 0 heterocycles. The maximum absolute atomic E-state index is 11.9. The highest BCUT2D eigenvalue weighted by molar-refractivity contribution is 6.75. The Morgan fingerprint density at radius 1 is 0.864 bits per heavy atom. The van der Waals surface area contributed by atoms with Crippen molar-refractivity contribution in [2.75, 3.05) is 0 Å². The first-order valence-corrected chi connectivity index (χ1v) is 10.6. The van der Waals surface area contributed by atoms with E-state index in [1.807, 2.05) is 0 Å². The summed E-state index contributed by atoms with van der Waals surface area (Å²) in [7, 11) is -2.13. The lowest BCUT2D eigenvalue weighted by atomic mass is 10.2. The molecule has 7 heteroatoms. The molecule has 0 aromatic heterocycles. The molecular weight excluding hydrogens is 300 g/mol. The van der Waals surface area contributed by atoms with E-state index in [1.165, 1.54) is 0 Å². The molecule has 0 fully saturated rings. The van der Waals surface area contributed by atoms with E-state index < -0.39 is 26.1 Å². The van der Waals surface area contributed by atoms with E-state index in [9.17, 15) is 9.59 Å². The van der Waals surface area contributed by atoms with Gasteiger partial charge in [-0.3, -0.25) is 0 Å².